The molecule has 0 radical (unpaired) electrons. The molecule has 0 heterocycles. The van der Waals surface area contributed by atoms with Crippen LogP contribution in [-0.4, -0.2) is 18.2 Å². The van der Waals surface area contributed by atoms with Crippen LogP contribution < -0.4 is 10.2 Å². The number of amides is 2. The van der Waals surface area contributed by atoms with Gasteiger partial charge in [-0.2, -0.15) is 0 Å². The van der Waals surface area contributed by atoms with E-state index in [0.29, 0.717) is 16.4 Å². The standard InChI is InChI=1S/C14H13ClN2O2/c1-17(12-6-8-13(18)9-7-12)14(19)16-11-4-2-10(15)3-5-11/h2-9,18H,1H3,(H,16,19). The van der Waals surface area contributed by atoms with Crippen LogP contribution in [0.5, 0.6) is 5.75 Å². The van der Waals surface area contributed by atoms with Crippen LogP contribution in [0.2, 0.25) is 5.02 Å². The van der Waals surface area contributed by atoms with E-state index < -0.39 is 0 Å². The Bertz CT molecular complexity index is 567. The molecule has 5 heteroatoms. The van der Waals surface area contributed by atoms with E-state index in [0.717, 1.165) is 0 Å². The summed E-state index contributed by atoms with van der Waals surface area (Å²) in [4.78, 5) is 13.5. The molecule has 0 unspecified atom stereocenters. The van der Waals surface area contributed by atoms with Gasteiger partial charge in [-0.05, 0) is 48.5 Å². The summed E-state index contributed by atoms with van der Waals surface area (Å²) < 4.78 is 0. The Morgan fingerprint density at radius 3 is 2.26 bits per heavy atom. The number of phenols is 1. The van der Waals surface area contributed by atoms with Gasteiger partial charge < -0.3 is 10.4 Å². The third kappa shape index (κ3) is 3.39. The normalized spacial score (nSPS) is 10.0. The topological polar surface area (TPSA) is 52.6 Å². The molecule has 2 aromatic rings. The van der Waals surface area contributed by atoms with E-state index in [2.05, 4.69) is 5.32 Å². The first-order valence-corrected chi connectivity index (χ1v) is 6.03. The molecule has 2 aromatic carbocycles. The number of phenolic OH excluding ortho intramolecular Hbond substituents is 1. The minimum absolute atomic E-state index is 0.162. The largest absolute Gasteiger partial charge is 0.508 e. The Morgan fingerprint density at radius 2 is 1.68 bits per heavy atom. The fraction of sp³-hybridized carbons (Fsp3) is 0.0714. The van der Waals surface area contributed by atoms with Crippen LogP contribution in [-0.2, 0) is 0 Å². The molecule has 0 fully saturated rings. The summed E-state index contributed by atoms with van der Waals surface area (Å²) in [5, 5.41) is 12.6. The van der Waals surface area contributed by atoms with E-state index in [-0.39, 0.29) is 11.8 Å². The van der Waals surface area contributed by atoms with Crippen LogP contribution in [0.3, 0.4) is 0 Å². The van der Waals surface area contributed by atoms with Crippen molar-refractivity contribution in [2.24, 2.45) is 0 Å². The van der Waals surface area contributed by atoms with Crippen molar-refractivity contribution < 1.29 is 9.90 Å². The lowest BCUT2D eigenvalue weighted by Crippen LogP contribution is -2.31. The predicted octanol–water partition coefficient (Wildman–Crippen LogP) is 3.71. The average molecular weight is 277 g/mol. The van der Waals surface area contributed by atoms with E-state index in [1.807, 2.05) is 0 Å². The van der Waals surface area contributed by atoms with Crippen LogP contribution in [0.15, 0.2) is 48.5 Å². The summed E-state index contributed by atoms with van der Waals surface area (Å²) >= 11 is 5.77. The van der Waals surface area contributed by atoms with Crippen molar-refractivity contribution in [3.8, 4) is 5.75 Å². The van der Waals surface area contributed by atoms with Gasteiger partial charge in [0.1, 0.15) is 5.75 Å². The molecule has 0 aliphatic heterocycles. The maximum atomic E-state index is 12.0. The maximum absolute atomic E-state index is 12.0. The van der Waals surface area contributed by atoms with Gasteiger partial charge in [-0.3, -0.25) is 4.90 Å². The second kappa shape index (κ2) is 5.63. The predicted molar refractivity (Wildman–Crippen MR) is 77.0 cm³/mol. The number of benzene rings is 2. The quantitative estimate of drug-likeness (QED) is 0.878. The third-order valence-electron chi connectivity index (χ3n) is 2.64. The Labute approximate surface area is 116 Å². The first-order valence-electron chi connectivity index (χ1n) is 5.65. The monoisotopic (exact) mass is 276 g/mol. The number of carbonyl (C=O) groups is 1. The molecule has 2 rings (SSSR count). The molecular weight excluding hydrogens is 264 g/mol. The van der Waals surface area contributed by atoms with Gasteiger partial charge in [0, 0.05) is 23.4 Å². The summed E-state index contributed by atoms with van der Waals surface area (Å²) in [6.07, 6.45) is 0. The van der Waals surface area contributed by atoms with E-state index in [9.17, 15) is 9.90 Å². The lowest BCUT2D eigenvalue weighted by Gasteiger charge is -2.18. The van der Waals surface area contributed by atoms with Crippen molar-refractivity contribution in [1.29, 1.82) is 0 Å². The first-order chi connectivity index (χ1) is 9.06. The van der Waals surface area contributed by atoms with E-state index in [1.165, 1.54) is 17.0 Å². The highest BCUT2D eigenvalue weighted by Crippen LogP contribution is 2.19. The van der Waals surface area contributed by atoms with Gasteiger partial charge in [0.05, 0.1) is 0 Å². The number of nitrogens with one attached hydrogen (secondary N) is 1. The van der Waals surface area contributed by atoms with Crippen molar-refractivity contribution in [1.82, 2.24) is 0 Å². The number of hydrogen-bond donors (Lipinski definition) is 2. The van der Waals surface area contributed by atoms with Crippen LogP contribution in [0.25, 0.3) is 0 Å². The number of halogens is 1. The minimum atomic E-state index is -0.270. The van der Waals surface area contributed by atoms with E-state index >= 15 is 0 Å². The fourth-order valence-corrected chi connectivity index (χ4v) is 1.66. The first kappa shape index (κ1) is 13.2. The zero-order valence-corrected chi connectivity index (χ0v) is 11.1. The number of urea groups is 1. The van der Waals surface area contributed by atoms with E-state index in [4.69, 9.17) is 11.6 Å². The minimum Gasteiger partial charge on any atom is -0.508 e. The van der Waals surface area contributed by atoms with Crippen molar-refractivity contribution >= 4 is 29.0 Å². The molecule has 0 aromatic heterocycles. The van der Waals surface area contributed by atoms with Crippen molar-refractivity contribution in [3.63, 3.8) is 0 Å². The highest BCUT2D eigenvalue weighted by molar-refractivity contribution is 6.30. The molecule has 98 valence electrons. The SMILES string of the molecule is CN(C(=O)Nc1ccc(Cl)cc1)c1ccc(O)cc1. The number of carbonyl (C=O) groups excluding carboxylic acids is 1. The van der Waals surface area contributed by atoms with Gasteiger partial charge >= 0.3 is 6.03 Å². The Morgan fingerprint density at radius 1 is 1.11 bits per heavy atom. The van der Waals surface area contributed by atoms with Gasteiger partial charge in [-0.1, -0.05) is 11.6 Å². The third-order valence-corrected chi connectivity index (χ3v) is 2.89. The molecule has 0 aliphatic carbocycles. The molecule has 0 bridgehead atoms. The number of nitrogens with zero attached hydrogens (tertiary/aromatic N) is 1. The second-order valence-electron chi connectivity index (χ2n) is 4.01. The number of anilines is 2. The zero-order valence-electron chi connectivity index (χ0n) is 10.3. The van der Waals surface area contributed by atoms with Gasteiger partial charge in [0.15, 0.2) is 0 Å². The van der Waals surface area contributed by atoms with Gasteiger partial charge in [0.25, 0.3) is 0 Å². The lowest BCUT2D eigenvalue weighted by atomic mass is 10.3. The van der Waals surface area contributed by atoms with Gasteiger partial charge in [-0.25, -0.2) is 4.79 Å². The lowest BCUT2D eigenvalue weighted by molar-refractivity contribution is 0.258. The maximum Gasteiger partial charge on any atom is 0.326 e. The molecular formula is C14H13ClN2O2. The smallest absolute Gasteiger partial charge is 0.326 e. The van der Waals surface area contributed by atoms with Crippen LogP contribution in [0.1, 0.15) is 0 Å². The molecule has 2 amide bonds. The summed E-state index contributed by atoms with van der Waals surface area (Å²) in [6, 6.07) is 13.0. The molecule has 2 N–H and O–H groups in total. The molecule has 0 saturated carbocycles. The summed E-state index contributed by atoms with van der Waals surface area (Å²) in [7, 11) is 1.65. The second-order valence-corrected chi connectivity index (χ2v) is 4.45. The highest BCUT2D eigenvalue weighted by Gasteiger charge is 2.10. The summed E-state index contributed by atoms with van der Waals surface area (Å²) in [6.45, 7) is 0. The van der Waals surface area contributed by atoms with Crippen LogP contribution >= 0.6 is 11.6 Å². The number of hydrogen-bond acceptors (Lipinski definition) is 2. The highest BCUT2D eigenvalue weighted by atomic mass is 35.5. The van der Waals surface area contributed by atoms with Gasteiger partial charge in [-0.15, -0.1) is 0 Å². The summed E-state index contributed by atoms with van der Waals surface area (Å²) in [5.41, 5.74) is 1.35. The van der Waals surface area contributed by atoms with Crippen LogP contribution in [0, 0.1) is 0 Å². The molecule has 4 nitrogen and oxygen atoms in total. The molecule has 0 aliphatic rings. The fourth-order valence-electron chi connectivity index (χ4n) is 1.53. The Hall–Kier alpha value is -2.20. The average Bonchev–Trinajstić information content (AvgIpc) is 2.41. The number of rotatable bonds is 2. The Balaban J connectivity index is 2.07. The van der Waals surface area contributed by atoms with Gasteiger partial charge in [0.2, 0.25) is 0 Å². The van der Waals surface area contributed by atoms with Crippen molar-refractivity contribution in [2.75, 3.05) is 17.3 Å². The number of aromatic hydroxyl groups is 1. The molecule has 0 saturated heterocycles. The summed E-state index contributed by atoms with van der Waals surface area (Å²) in [5.74, 6) is 0.162. The van der Waals surface area contributed by atoms with Crippen molar-refractivity contribution in [2.45, 2.75) is 0 Å². The molecule has 19 heavy (non-hydrogen) atoms. The van der Waals surface area contributed by atoms with E-state index in [1.54, 1.807) is 43.4 Å². The molecule has 0 spiro atoms. The zero-order chi connectivity index (χ0) is 13.8. The van der Waals surface area contributed by atoms with Crippen molar-refractivity contribution in [3.05, 3.63) is 53.6 Å². The van der Waals surface area contributed by atoms with Crippen LogP contribution in [0.4, 0.5) is 16.2 Å². The Kier molecular flexibility index (Phi) is 3.92. The molecule has 0 atom stereocenters.